The molecule has 1 N–H and O–H groups in total. The number of carbonyl (C=O) groups excluding carboxylic acids is 2. The van der Waals surface area contributed by atoms with Crippen molar-refractivity contribution in [2.45, 2.75) is 6.92 Å². The highest BCUT2D eigenvalue weighted by atomic mass is 16.5. The van der Waals surface area contributed by atoms with Crippen molar-refractivity contribution in [1.82, 2.24) is 10.2 Å². The van der Waals surface area contributed by atoms with Gasteiger partial charge in [0, 0.05) is 27.1 Å². The van der Waals surface area contributed by atoms with Gasteiger partial charge in [-0.1, -0.05) is 6.08 Å². The van der Waals surface area contributed by atoms with Gasteiger partial charge in [0.1, 0.15) is 0 Å². The monoisotopic (exact) mass is 214 g/mol. The van der Waals surface area contributed by atoms with Crippen LogP contribution in [0.5, 0.6) is 0 Å². The lowest BCUT2D eigenvalue weighted by Gasteiger charge is -2.18. The maximum absolute atomic E-state index is 11.3. The molecule has 0 bridgehead atoms. The zero-order valence-corrected chi connectivity index (χ0v) is 9.28. The van der Waals surface area contributed by atoms with Gasteiger partial charge in [0.15, 0.2) is 0 Å². The molecular weight excluding hydrogens is 196 g/mol. The average Bonchev–Trinajstić information content (AvgIpc) is 2.17. The minimum Gasteiger partial charge on any atom is -0.383 e. The molecule has 5 heteroatoms. The number of nitrogens with one attached hydrogen (secondary N) is 1. The lowest BCUT2D eigenvalue weighted by molar-refractivity contribution is -0.133. The topological polar surface area (TPSA) is 58.6 Å². The first-order valence-electron chi connectivity index (χ1n) is 4.73. The molecule has 15 heavy (non-hydrogen) atoms. The second-order valence-electron chi connectivity index (χ2n) is 3.03. The van der Waals surface area contributed by atoms with E-state index in [1.54, 1.807) is 13.2 Å². The molecule has 0 saturated heterocycles. The van der Waals surface area contributed by atoms with Crippen LogP contribution in [0.3, 0.4) is 0 Å². The van der Waals surface area contributed by atoms with Crippen LogP contribution in [0.1, 0.15) is 6.92 Å². The molecule has 0 aromatic heterocycles. The SMILES string of the molecule is C=CCN(CC(=O)NCCOC)C(C)=O. The molecular formula is C10H18N2O3. The Balaban J connectivity index is 3.89. The van der Waals surface area contributed by atoms with Gasteiger partial charge in [-0.25, -0.2) is 0 Å². The van der Waals surface area contributed by atoms with Gasteiger partial charge < -0.3 is 15.0 Å². The molecule has 0 radical (unpaired) electrons. The smallest absolute Gasteiger partial charge is 0.239 e. The third kappa shape index (κ3) is 6.68. The fraction of sp³-hybridized carbons (Fsp3) is 0.600. The highest BCUT2D eigenvalue weighted by molar-refractivity contribution is 5.83. The van der Waals surface area contributed by atoms with Crippen LogP contribution in [0.2, 0.25) is 0 Å². The van der Waals surface area contributed by atoms with Crippen molar-refractivity contribution in [2.24, 2.45) is 0 Å². The summed E-state index contributed by atoms with van der Waals surface area (Å²) in [6, 6.07) is 0. The number of rotatable bonds is 7. The number of hydrogen-bond acceptors (Lipinski definition) is 3. The molecule has 0 spiro atoms. The van der Waals surface area contributed by atoms with Gasteiger partial charge >= 0.3 is 0 Å². The molecule has 0 rings (SSSR count). The van der Waals surface area contributed by atoms with Gasteiger partial charge in [-0.2, -0.15) is 0 Å². The van der Waals surface area contributed by atoms with E-state index in [1.807, 2.05) is 0 Å². The summed E-state index contributed by atoms with van der Waals surface area (Å²) in [5.41, 5.74) is 0. The molecule has 0 aromatic carbocycles. The highest BCUT2D eigenvalue weighted by Gasteiger charge is 2.11. The molecule has 0 saturated carbocycles. The Kier molecular flexibility index (Phi) is 7.27. The minimum atomic E-state index is -0.191. The summed E-state index contributed by atoms with van der Waals surface area (Å²) in [6.45, 7) is 6.30. The molecule has 0 unspecified atom stereocenters. The van der Waals surface area contributed by atoms with E-state index in [0.717, 1.165) is 0 Å². The standard InChI is InChI=1S/C10H18N2O3/c1-4-6-12(9(2)13)8-10(14)11-5-7-15-3/h4H,1,5-8H2,2-3H3,(H,11,14). The van der Waals surface area contributed by atoms with E-state index in [1.165, 1.54) is 11.8 Å². The fourth-order valence-corrected chi connectivity index (χ4v) is 0.982. The van der Waals surface area contributed by atoms with Crippen LogP contribution >= 0.6 is 0 Å². The first-order valence-corrected chi connectivity index (χ1v) is 4.73. The molecule has 0 aliphatic heterocycles. The number of carbonyl (C=O) groups is 2. The van der Waals surface area contributed by atoms with Crippen LogP contribution in [0.25, 0.3) is 0 Å². The highest BCUT2D eigenvalue weighted by Crippen LogP contribution is 1.89. The average molecular weight is 214 g/mol. The molecule has 0 aliphatic carbocycles. The van der Waals surface area contributed by atoms with Crippen molar-refractivity contribution in [3.8, 4) is 0 Å². The zero-order valence-electron chi connectivity index (χ0n) is 9.28. The summed E-state index contributed by atoms with van der Waals surface area (Å²) in [5.74, 6) is -0.333. The van der Waals surface area contributed by atoms with Crippen LogP contribution in [-0.2, 0) is 14.3 Å². The Morgan fingerprint density at radius 2 is 2.20 bits per heavy atom. The Morgan fingerprint density at radius 3 is 2.67 bits per heavy atom. The molecule has 0 aliphatic rings. The molecule has 0 fully saturated rings. The van der Waals surface area contributed by atoms with Crippen molar-refractivity contribution in [2.75, 3.05) is 33.4 Å². The maximum atomic E-state index is 11.3. The van der Waals surface area contributed by atoms with Crippen molar-refractivity contribution in [3.63, 3.8) is 0 Å². The third-order valence-corrected chi connectivity index (χ3v) is 1.76. The first-order chi connectivity index (χ1) is 7.11. The number of hydrogen-bond donors (Lipinski definition) is 1. The predicted octanol–water partition coefficient (Wildman–Crippen LogP) is -0.217. The fourth-order valence-electron chi connectivity index (χ4n) is 0.982. The summed E-state index contributed by atoms with van der Waals surface area (Å²) in [5, 5.41) is 2.64. The molecule has 0 heterocycles. The maximum Gasteiger partial charge on any atom is 0.239 e. The Labute approximate surface area is 90.1 Å². The second kappa shape index (κ2) is 7.99. The van der Waals surface area contributed by atoms with E-state index in [0.29, 0.717) is 19.7 Å². The summed E-state index contributed by atoms with van der Waals surface area (Å²) < 4.78 is 4.78. The van der Waals surface area contributed by atoms with Gasteiger partial charge in [0.25, 0.3) is 0 Å². The van der Waals surface area contributed by atoms with Gasteiger partial charge in [0.05, 0.1) is 13.2 Å². The first kappa shape index (κ1) is 13.6. The van der Waals surface area contributed by atoms with E-state index in [2.05, 4.69) is 11.9 Å². The summed E-state index contributed by atoms with van der Waals surface area (Å²) >= 11 is 0. The Morgan fingerprint density at radius 1 is 1.53 bits per heavy atom. The van der Waals surface area contributed by atoms with Crippen molar-refractivity contribution in [1.29, 1.82) is 0 Å². The Bertz CT molecular complexity index is 229. The third-order valence-electron chi connectivity index (χ3n) is 1.76. The van der Waals surface area contributed by atoms with Gasteiger partial charge in [-0.05, 0) is 0 Å². The minimum absolute atomic E-state index is 0.0606. The molecule has 0 aromatic rings. The number of amides is 2. The number of methoxy groups -OCH3 is 1. The van der Waals surface area contributed by atoms with Gasteiger partial charge in [-0.3, -0.25) is 9.59 Å². The van der Waals surface area contributed by atoms with Crippen LogP contribution in [0.4, 0.5) is 0 Å². The van der Waals surface area contributed by atoms with Gasteiger partial charge in [0.2, 0.25) is 11.8 Å². The quantitative estimate of drug-likeness (QED) is 0.471. The molecule has 0 atom stereocenters. The van der Waals surface area contributed by atoms with Crippen LogP contribution < -0.4 is 5.32 Å². The van der Waals surface area contributed by atoms with Crippen LogP contribution in [0.15, 0.2) is 12.7 Å². The van der Waals surface area contributed by atoms with E-state index < -0.39 is 0 Å². The molecule has 86 valence electrons. The predicted molar refractivity (Wildman–Crippen MR) is 57.3 cm³/mol. The number of nitrogens with zero attached hydrogens (tertiary/aromatic N) is 1. The van der Waals surface area contributed by atoms with E-state index in [9.17, 15) is 9.59 Å². The Hall–Kier alpha value is -1.36. The van der Waals surface area contributed by atoms with Crippen LogP contribution in [0, 0.1) is 0 Å². The normalized spacial score (nSPS) is 9.47. The lowest BCUT2D eigenvalue weighted by atomic mass is 10.4. The largest absolute Gasteiger partial charge is 0.383 e. The summed E-state index contributed by atoms with van der Waals surface area (Å²) in [7, 11) is 1.56. The zero-order chi connectivity index (χ0) is 11.7. The summed E-state index contributed by atoms with van der Waals surface area (Å²) in [4.78, 5) is 23.8. The van der Waals surface area contributed by atoms with E-state index in [4.69, 9.17) is 4.74 Å². The second-order valence-corrected chi connectivity index (χ2v) is 3.03. The van der Waals surface area contributed by atoms with Gasteiger partial charge in [-0.15, -0.1) is 6.58 Å². The molecule has 5 nitrogen and oxygen atoms in total. The summed E-state index contributed by atoms with van der Waals surface area (Å²) in [6.07, 6.45) is 1.59. The lowest BCUT2D eigenvalue weighted by Crippen LogP contribution is -2.40. The number of ether oxygens (including phenoxy) is 1. The van der Waals surface area contributed by atoms with E-state index in [-0.39, 0.29) is 18.4 Å². The van der Waals surface area contributed by atoms with Crippen molar-refractivity contribution >= 4 is 11.8 Å². The van der Waals surface area contributed by atoms with E-state index >= 15 is 0 Å². The van der Waals surface area contributed by atoms with Crippen molar-refractivity contribution in [3.05, 3.63) is 12.7 Å². The van der Waals surface area contributed by atoms with Crippen molar-refractivity contribution < 1.29 is 14.3 Å². The molecule has 2 amide bonds. The van der Waals surface area contributed by atoms with Crippen LogP contribution in [-0.4, -0.2) is 50.1 Å².